The highest BCUT2D eigenvalue weighted by Crippen LogP contribution is 2.25. The Balaban J connectivity index is 1.81. The molecule has 2 rings (SSSR count). The van der Waals surface area contributed by atoms with Crippen LogP contribution in [0.5, 0.6) is 0 Å². The van der Waals surface area contributed by atoms with E-state index in [4.69, 9.17) is 4.74 Å². The van der Waals surface area contributed by atoms with E-state index in [1.807, 2.05) is 0 Å². The Bertz CT molecular complexity index is 363. The van der Waals surface area contributed by atoms with Gasteiger partial charge in [0.05, 0.1) is 11.5 Å². The highest BCUT2D eigenvalue weighted by atomic mass is 32.1. The van der Waals surface area contributed by atoms with Crippen molar-refractivity contribution < 1.29 is 9.66 Å². The molecule has 0 aromatic carbocycles. The van der Waals surface area contributed by atoms with E-state index in [-0.39, 0.29) is 5.00 Å². The van der Waals surface area contributed by atoms with Crippen LogP contribution in [0.15, 0.2) is 6.20 Å². The fourth-order valence-corrected chi connectivity index (χ4v) is 2.27. The SMILES string of the molecule is O=[N+]([O-])c1cnc(NCC2CCCOC2)s1. The second-order valence-electron chi connectivity index (χ2n) is 3.72. The Kier molecular flexibility index (Phi) is 3.68. The summed E-state index contributed by atoms with van der Waals surface area (Å²) in [5.41, 5.74) is 0. The minimum atomic E-state index is -0.424. The largest absolute Gasteiger partial charge is 0.381 e. The lowest BCUT2D eigenvalue weighted by Crippen LogP contribution is -2.24. The van der Waals surface area contributed by atoms with Gasteiger partial charge in [-0.3, -0.25) is 10.1 Å². The topological polar surface area (TPSA) is 77.3 Å². The van der Waals surface area contributed by atoms with Gasteiger partial charge in [-0.2, -0.15) is 0 Å². The first kappa shape index (κ1) is 11.3. The second-order valence-corrected chi connectivity index (χ2v) is 4.73. The van der Waals surface area contributed by atoms with Crippen molar-refractivity contribution in [1.82, 2.24) is 4.98 Å². The lowest BCUT2D eigenvalue weighted by atomic mass is 10.0. The van der Waals surface area contributed by atoms with Gasteiger partial charge >= 0.3 is 5.00 Å². The van der Waals surface area contributed by atoms with Crippen LogP contribution < -0.4 is 5.32 Å². The van der Waals surface area contributed by atoms with Crippen LogP contribution in [0.2, 0.25) is 0 Å². The average molecular weight is 243 g/mol. The molecular weight excluding hydrogens is 230 g/mol. The van der Waals surface area contributed by atoms with E-state index < -0.39 is 4.92 Å². The zero-order chi connectivity index (χ0) is 11.4. The summed E-state index contributed by atoms with van der Waals surface area (Å²) in [4.78, 5) is 14.0. The van der Waals surface area contributed by atoms with Gasteiger partial charge in [0.25, 0.3) is 0 Å². The van der Waals surface area contributed by atoms with Gasteiger partial charge in [-0.05, 0) is 30.1 Å². The van der Waals surface area contributed by atoms with Crippen LogP contribution in [0.1, 0.15) is 12.8 Å². The Labute approximate surface area is 96.8 Å². The molecule has 0 amide bonds. The van der Waals surface area contributed by atoms with Gasteiger partial charge in [-0.15, -0.1) is 0 Å². The first-order valence-electron chi connectivity index (χ1n) is 5.17. The van der Waals surface area contributed by atoms with Crippen molar-refractivity contribution >= 4 is 21.5 Å². The molecule has 1 saturated heterocycles. The molecule has 0 spiro atoms. The summed E-state index contributed by atoms with van der Waals surface area (Å²) in [5, 5.41) is 14.2. The number of nitrogens with one attached hydrogen (secondary N) is 1. The molecule has 0 radical (unpaired) electrons. The highest BCUT2D eigenvalue weighted by molar-refractivity contribution is 7.18. The summed E-state index contributed by atoms with van der Waals surface area (Å²) < 4.78 is 5.35. The highest BCUT2D eigenvalue weighted by Gasteiger charge is 2.15. The van der Waals surface area contributed by atoms with E-state index >= 15 is 0 Å². The lowest BCUT2D eigenvalue weighted by Gasteiger charge is -2.21. The molecule has 1 atom stereocenters. The van der Waals surface area contributed by atoms with Gasteiger partial charge in [0.1, 0.15) is 6.20 Å². The fraction of sp³-hybridized carbons (Fsp3) is 0.667. The van der Waals surface area contributed by atoms with Gasteiger partial charge in [0.2, 0.25) is 0 Å². The molecule has 1 aromatic rings. The van der Waals surface area contributed by atoms with Gasteiger partial charge in [0.15, 0.2) is 5.13 Å². The van der Waals surface area contributed by atoms with E-state index in [2.05, 4.69) is 10.3 Å². The number of hydrogen-bond donors (Lipinski definition) is 1. The number of rotatable bonds is 4. The van der Waals surface area contributed by atoms with Crippen LogP contribution >= 0.6 is 11.3 Å². The lowest BCUT2D eigenvalue weighted by molar-refractivity contribution is -0.380. The number of ether oxygens (including phenoxy) is 1. The molecular formula is C9H13N3O3S. The Morgan fingerprint density at radius 2 is 2.62 bits per heavy atom. The van der Waals surface area contributed by atoms with Crippen LogP contribution in [-0.2, 0) is 4.74 Å². The van der Waals surface area contributed by atoms with Crippen molar-refractivity contribution in [3.8, 4) is 0 Å². The third-order valence-corrected chi connectivity index (χ3v) is 3.38. The third-order valence-electron chi connectivity index (χ3n) is 2.47. The smallest absolute Gasteiger partial charge is 0.345 e. The summed E-state index contributed by atoms with van der Waals surface area (Å²) in [7, 11) is 0. The number of hydrogen-bond acceptors (Lipinski definition) is 6. The molecule has 1 fully saturated rings. The maximum absolute atomic E-state index is 10.4. The first-order valence-corrected chi connectivity index (χ1v) is 5.99. The number of nitrogens with zero attached hydrogens (tertiary/aromatic N) is 2. The van der Waals surface area contributed by atoms with Crippen LogP contribution in [0.3, 0.4) is 0 Å². The number of anilines is 1. The molecule has 0 saturated carbocycles. The van der Waals surface area contributed by atoms with Crippen molar-refractivity contribution in [1.29, 1.82) is 0 Å². The van der Waals surface area contributed by atoms with E-state index in [1.165, 1.54) is 6.20 Å². The van der Waals surface area contributed by atoms with Crippen LogP contribution in [0, 0.1) is 16.0 Å². The number of aromatic nitrogens is 1. The molecule has 1 aliphatic heterocycles. The van der Waals surface area contributed by atoms with Gasteiger partial charge in [-0.25, -0.2) is 4.98 Å². The monoisotopic (exact) mass is 243 g/mol. The van der Waals surface area contributed by atoms with E-state index in [0.717, 1.165) is 43.9 Å². The van der Waals surface area contributed by atoms with Gasteiger partial charge in [0, 0.05) is 13.2 Å². The molecule has 1 aromatic heterocycles. The molecule has 1 N–H and O–H groups in total. The van der Waals surface area contributed by atoms with E-state index in [0.29, 0.717) is 11.0 Å². The Morgan fingerprint density at radius 1 is 1.75 bits per heavy atom. The Hall–Kier alpha value is -1.21. The molecule has 88 valence electrons. The number of nitro groups is 1. The molecule has 0 aliphatic carbocycles. The minimum absolute atomic E-state index is 0.0717. The summed E-state index contributed by atoms with van der Waals surface area (Å²) in [6.45, 7) is 2.38. The zero-order valence-corrected chi connectivity index (χ0v) is 9.53. The van der Waals surface area contributed by atoms with Crippen molar-refractivity contribution in [2.45, 2.75) is 12.8 Å². The average Bonchev–Trinajstić information content (AvgIpc) is 2.76. The maximum atomic E-state index is 10.4. The van der Waals surface area contributed by atoms with E-state index in [1.54, 1.807) is 0 Å². The third kappa shape index (κ3) is 2.89. The molecule has 2 heterocycles. The summed E-state index contributed by atoms with van der Waals surface area (Å²) >= 11 is 1.07. The van der Waals surface area contributed by atoms with Crippen molar-refractivity contribution in [3.63, 3.8) is 0 Å². The van der Waals surface area contributed by atoms with E-state index in [9.17, 15) is 10.1 Å². The summed E-state index contributed by atoms with van der Waals surface area (Å²) in [6.07, 6.45) is 3.51. The van der Waals surface area contributed by atoms with Gasteiger partial charge < -0.3 is 10.1 Å². The predicted molar refractivity (Wildman–Crippen MR) is 60.8 cm³/mol. The fourth-order valence-electron chi connectivity index (χ4n) is 1.63. The van der Waals surface area contributed by atoms with Crippen molar-refractivity contribution in [3.05, 3.63) is 16.3 Å². The zero-order valence-electron chi connectivity index (χ0n) is 8.72. The summed E-state index contributed by atoms with van der Waals surface area (Å²) in [5.74, 6) is 0.483. The van der Waals surface area contributed by atoms with Crippen LogP contribution in [0.25, 0.3) is 0 Å². The molecule has 6 nitrogen and oxygen atoms in total. The van der Waals surface area contributed by atoms with Crippen LogP contribution in [0.4, 0.5) is 10.1 Å². The molecule has 7 heteroatoms. The number of thiazole rings is 1. The van der Waals surface area contributed by atoms with Crippen molar-refractivity contribution in [2.24, 2.45) is 5.92 Å². The van der Waals surface area contributed by atoms with Crippen LogP contribution in [-0.4, -0.2) is 29.7 Å². The quantitative estimate of drug-likeness (QED) is 0.645. The molecule has 1 aliphatic rings. The Morgan fingerprint density at radius 3 is 3.25 bits per heavy atom. The van der Waals surface area contributed by atoms with Crippen molar-refractivity contribution in [2.75, 3.05) is 25.1 Å². The maximum Gasteiger partial charge on any atom is 0.345 e. The summed E-state index contributed by atoms with van der Waals surface area (Å²) in [6, 6.07) is 0. The molecule has 16 heavy (non-hydrogen) atoms. The molecule has 1 unspecified atom stereocenters. The standard InChI is InChI=1S/C9H13N3O3S/c13-12(14)8-5-11-9(16-8)10-4-7-2-1-3-15-6-7/h5,7H,1-4,6H2,(H,10,11). The van der Waals surface area contributed by atoms with Gasteiger partial charge in [-0.1, -0.05) is 0 Å². The molecule has 0 bridgehead atoms. The minimum Gasteiger partial charge on any atom is -0.381 e. The second kappa shape index (κ2) is 5.22. The normalized spacial score (nSPS) is 20.6. The predicted octanol–water partition coefficient (Wildman–Crippen LogP) is 1.89. The first-order chi connectivity index (χ1) is 7.75.